The van der Waals surface area contributed by atoms with E-state index in [1.54, 1.807) is 12.1 Å². The van der Waals surface area contributed by atoms with E-state index in [9.17, 15) is 4.39 Å². The minimum absolute atomic E-state index is 0.229. The molecule has 0 aliphatic rings. The lowest BCUT2D eigenvalue weighted by molar-refractivity contribution is 0.248. The average molecular weight is 250 g/mol. The number of halogens is 1. The van der Waals surface area contributed by atoms with Crippen molar-refractivity contribution >= 4 is 0 Å². The molecule has 0 aliphatic carbocycles. The monoisotopic (exact) mass is 250 g/mol. The Morgan fingerprint density at radius 1 is 1.33 bits per heavy atom. The van der Waals surface area contributed by atoms with Gasteiger partial charge in [-0.2, -0.15) is 0 Å². The summed E-state index contributed by atoms with van der Waals surface area (Å²) in [5, 5.41) is 3.75. The van der Waals surface area contributed by atoms with Gasteiger partial charge in [0.2, 0.25) is 0 Å². The van der Waals surface area contributed by atoms with Crippen LogP contribution in [0.1, 0.15) is 17.0 Å². The first-order valence-corrected chi connectivity index (χ1v) is 5.72. The van der Waals surface area contributed by atoms with E-state index < -0.39 is 0 Å². The van der Waals surface area contributed by atoms with E-state index in [0.29, 0.717) is 24.5 Å². The summed E-state index contributed by atoms with van der Waals surface area (Å²) in [6, 6.07) is 6.35. The second kappa shape index (κ2) is 5.64. The van der Waals surface area contributed by atoms with Crippen molar-refractivity contribution in [3.63, 3.8) is 0 Å². The fourth-order valence-electron chi connectivity index (χ4n) is 1.65. The molecule has 1 aromatic carbocycles. The maximum atomic E-state index is 13.3. The van der Waals surface area contributed by atoms with Gasteiger partial charge in [0, 0.05) is 12.1 Å². The number of hydrogen-bond acceptors (Lipinski definition) is 4. The second-order valence-electron chi connectivity index (χ2n) is 4.06. The molecule has 0 aliphatic heterocycles. The summed E-state index contributed by atoms with van der Waals surface area (Å²) in [6.07, 6.45) is 0.621. The largest absolute Gasteiger partial charge is 0.485 e. The van der Waals surface area contributed by atoms with Crippen molar-refractivity contribution in [1.29, 1.82) is 0 Å². The summed E-state index contributed by atoms with van der Waals surface area (Å²) in [6.45, 7) is 2.53. The van der Waals surface area contributed by atoms with E-state index in [0.717, 1.165) is 11.3 Å². The van der Waals surface area contributed by atoms with Crippen molar-refractivity contribution in [3.05, 3.63) is 47.1 Å². The SMILES string of the molecule is Cc1cc(COc2cc(F)cc(CCN)c2)on1. The number of aromatic nitrogens is 1. The standard InChI is InChI=1S/C13H15FN2O2/c1-9-4-13(18-16-9)8-17-12-6-10(2-3-15)5-11(14)7-12/h4-7H,2-3,8,15H2,1H3. The van der Waals surface area contributed by atoms with Gasteiger partial charge in [0.15, 0.2) is 5.76 Å². The smallest absolute Gasteiger partial charge is 0.174 e. The van der Waals surface area contributed by atoms with Gasteiger partial charge in [0.05, 0.1) is 5.69 Å². The van der Waals surface area contributed by atoms with Crippen LogP contribution in [0.25, 0.3) is 0 Å². The predicted molar refractivity (Wildman–Crippen MR) is 64.7 cm³/mol. The molecule has 0 spiro atoms. The number of nitrogens with two attached hydrogens (primary N) is 1. The molecule has 2 rings (SSSR count). The molecule has 2 aromatic rings. The molecule has 4 nitrogen and oxygen atoms in total. The van der Waals surface area contributed by atoms with Gasteiger partial charge in [0.1, 0.15) is 18.2 Å². The third kappa shape index (κ3) is 3.30. The molecular formula is C13H15FN2O2. The first-order valence-electron chi connectivity index (χ1n) is 5.72. The highest BCUT2D eigenvalue weighted by molar-refractivity contribution is 5.30. The summed E-state index contributed by atoms with van der Waals surface area (Å²) in [5.74, 6) is 0.745. The normalized spacial score (nSPS) is 10.6. The highest BCUT2D eigenvalue weighted by Crippen LogP contribution is 2.18. The summed E-state index contributed by atoms with van der Waals surface area (Å²) >= 11 is 0. The van der Waals surface area contributed by atoms with Crippen molar-refractivity contribution in [1.82, 2.24) is 5.16 Å². The molecule has 0 atom stereocenters. The van der Waals surface area contributed by atoms with Crippen LogP contribution in [0.2, 0.25) is 0 Å². The van der Waals surface area contributed by atoms with Gasteiger partial charge in [0.25, 0.3) is 0 Å². The summed E-state index contributed by atoms with van der Waals surface area (Å²) in [5.41, 5.74) is 7.05. The quantitative estimate of drug-likeness (QED) is 0.883. The molecule has 1 heterocycles. The van der Waals surface area contributed by atoms with E-state index >= 15 is 0 Å². The lowest BCUT2D eigenvalue weighted by atomic mass is 10.1. The van der Waals surface area contributed by atoms with Crippen LogP contribution in [-0.4, -0.2) is 11.7 Å². The van der Waals surface area contributed by atoms with Crippen LogP contribution < -0.4 is 10.5 Å². The van der Waals surface area contributed by atoms with Crippen LogP contribution in [0, 0.1) is 12.7 Å². The van der Waals surface area contributed by atoms with Gasteiger partial charge in [-0.15, -0.1) is 0 Å². The number of nitrogens with zero attached hydrogens (tertiary/aromatic N) is 1. The van der Waals surface area contributed by atoms with Crippen LogP contribution in [0.5, 0.6) is 5.75 Å². The summed E-state index contributed by atoms with van der Waals surface area (Å²) in [4.78, 5) is 0. The van der Waals surface area contributed by atoms with Crippen molar-refractivity contribution in [2.45, 2.75) is 20.0 Å². The minimum Gasteiger partial charge on any atom is -0.485 e. The average Bonchev–Trinajstić information content (AvgIpc) is 2.72. The van der Waals surface area contributed by atoms with E-state index in [4.69, 9.17) is 15.0 Å². The Labute approximate surface area is 105 Å². The fourth-order valence-corrected chi connectivity index (χ4v) is 1.65. The molecule has 18 heavy (non-hydrogen) atoms. The first kappa shape index (κ1) is 12.6. The summed E-state index contributed by atoms with van der Waals surface area (Å²) in [7, 11) is 0. The number of rotatable bonds is 5. The molecule has 0 bridgehead atoms. The van der Waals surface area contributed by atoms with Crippen molar-refractivity contribution in [3.8, 4) is 5.75 Å². The van der Waals surface area contributed by atoms with Crippen molar-refractivity contribution in [2.24, 2.45) is 5.73 Å². The lowest BCUT2D eigenvalue weighted by Gasteiger charge is -2.06. The maximum absolute atomic E-state index is 13.3. The molecular weight excluding hydrogens is 235 g/mol. The van der Waals surface area contributed by atoms with Gasteiger partial charge in [-0.1, -0.05) is 5.16 Å². The molecule has 0 unspecified atom stereocenters. The van der Waals surface area contributed by atoms with Crippen LogP contribution >= 0.6 is 0 Å². The lowest BCUT2D eigenvalue weighted by Crippen LogP contribution is -2.03. The van der Waals surface area contributed by atoms with Crippen LogP contribution in [0.4, 0.5) is 4.39 Å². The highest BCUT2D eigenvalue weighted by atomic mass is 19.1. The van der Waals surface area contributed by atoms with Gasteiger partial charge in [-0.05, 0) is 37.6 Å². The molecule has 2 N–H and O–H groups in total. The number of aryl methyl sites for hydroxylation is 1. The van der Waals surface area contributed by atoms with Crippen LogP contribution in [0.15, 0.2) is 28.8 Å². The van der Waals surface area contributed by atoms with E-state index in [2.05, 4.69) is 5.16 Å². The Kier molecular flexibility index (Phi) is 3.94. The second-order valence-corrected chi connectivity index (χ2v) is 4.06. The van der Waals surface area contributed by atoms with Crippen LogP contribution in [0.3, 0.4) is 0 Å². The zero-order valence-electron chi connectivity index (χ0n) is 10.1. The molecule has 0 saturated carbocycles. The summed E-state index contributed by atoms with van der Waals surface area (Å²) < 4.78 is 23.8. The molecule has 96 valence electrons. The first-order chi connectivity index (χ1) is 8.67. The van der Waals surface area contributed by atoms with Crippen molar-refractivity contribution < 1.29 is 13.7 Å². The van der Waals surface area contributed by atoms with Gasteiger partial charge in [-0.25, -0.2) is 4.39 Å². The topological polar surface area (TPSA) is 61.3 Å². The maximum Gasteiger partial charge on any atom is 0.174 e. The Morgan fingerprint density at radius 3 is 2.83 bits per heavy atom. The Balaban J connectivity index is 2.04. The number of benzene rings is 1. The van der Waals surface area contributed by atoms with E-state index in [1.165, 1.54) is 12.1 Å². The third-order valence-corrected chi connectivity index (χ3v) is 2.42. The molecule has 1 aromatic heterocycles. The zero-order valence-corrected chi connectivity index (χ0v) is 10.1. The Bertz CT molecular complexity index is 525. The van der Waals surface area contributed by atoms with Gasteiger partial charge < -0.3 is 15.0 Å². The van der Waals surface area contributed by atoms with Gasteiger partial charge in [-0.3, -0.25) is 0 Å². The molecule has 0 amide bonds. The number of hydrogen-bond donors (Lipinski definition) is 1. The van der Waals surface area contributed by atoms with Crippen LogP contribution in [-0.2, 0) is 13.0 Å². The highest BCUT2D eigenvalue weighted by Gasteiger charge is 2.05. The van der Waals surface area contributed by atoms with E-state index in [1.807, 2.05) is 6.92 Å². The zero-order chi connectivity index (χ0) is 13.0. The Hall–Kier alpha value is -1.88. The van der Waals surface area contributed by atoms with E-state index in [-0.39, 0.29) is 12.4 Å². The third-order valence-electron chi connectivity index (χ3n) is 2.42. The predicted octanol–water partition coefficient (Wildman–Crippen LogP) is 2.20. The van der Waals surface area contributed by atoms with Gasteiger partial charge >= 0.3 is 0 Å². The molecule has 0 radical (unpaired) electrons. The molecule has 5 heteroatoms. The fraction of sp³-hybridized carbons (Fsp3) is 0.308. The number of ether oxygens (including phenoxy) is 1. The minimum atomic E-state index is -0.329. The molecule has 0 fully saturated rings. The molecule has 0 saturated heterocycles. The Morgan fingerprint density at radius 2 is 2.17 bits per heavy atom. The van der Waals surface area contributed by atoms with Crippen molar-refractivity contribution in [2.75, 3.05) is 6.54 Å².